The van der Waals surface area contributed by atoms with Crippen LogP contribution in [0.15, 0.2) is 36.5 Å². The van der Waals surface area contributed by atoms with Gasteiger partial charge in [0.25, 0.3) is 0 Å². The van der Waals surface area contributed by atoms with E-state index in [4.69, 9.17) is 4.74 Å². The van der Waals surface area contributed by atoms with Gasteiger partial charge in [-0.05, 0) is 54.7 Å². The molecule has 3 aromatic rings. The molecule has 1 aliphatic carbocycles. The normalized spacial score (nSPS) is 17.3. The third kappa shape index (κ3) is 3.21. The van der Waals surface area contributed by atoms with Gasteiger partial charge in [0, 0.05) is 36.0 Å². The molecule has 3 heterocycles. The number of pyridine rings is 1. The number of nitrogens with one attached hydrogen (secondary N) is 1. The van der Waals surface area contributed by atoms with Gasteiger partial charge in [0.15, 0.2) is 0 Å². The molecule has 5 rings (SSSR count). The number of nitriles is 1. The summed E-state index contributed by atoms with van der Waals surface area (Å²) in [6.45, 7) is 3.46. The number of hydrogen-bond donors (Lipinski definition) is 1. The van der Waals surface area contributed by atoms with E-state index in [1.165, 1.54) is 35.9 Å². The highest BCUT2D eigenvalue weighted by Crippen LogP contribution is 2.45. The van der Waals surface area contributed by atoms with Crippen LogP contribution in [0.25, 0.3) is 10.1 Å². The lowest BCUT2D eigenvalue weighted by Crippen LogP contribution is -2.36. The Labute approximate surface area is 168 Å². The van der Waals surface area contributed by atoms with Crippen molar-refractivity contribution in [1.82, 2.24) is 4.98 Å². The van der Waals surface area contributed by atoms with Gasteiger partial charge < -0.3 is 15.0 Å². The Morgan fingerprint density at radius 1 is 1.18 bits per heavy atom. The molecular weight excluding hydrogens is 368 g/mol. The minimum Gasteiger partial charge on any atom is -0.378 e. The van der Waals surface area contributed by atoms with Crippen molar-refractivity contribution in [2.45, 2.75) is 25.2 Å². The number of benzene rings is 1. The molecule has 0 unspecified atom stereocenters. The molecule has 0 bridgehead atoms. The number of hydrogen-bond acceptors (Lipinski definition) is 6. The Morgan fingerprint density at radius 3 is 2.64 bits per heavy atom. The van der Waals surface area contributed by atoms with Crippen LogP contribution >= 0.6 is 11.3 Å². The lowest BCUT2D eigenvalue weighted by Gasteiger charge is -2.28. The Balaban J connectivity index is 1.39. The van der Waals surface area contributed by atoms with Crippen molar-refractivity contribution in [1.29, 1.82) is 5.26 Å². The van der Waals surface area contributed by atoms with Crippen LogP contribution in [0.4, 0.5) is 17.2 Å². The molecule has 6 heteroatoms. The molecule has 0 spiro atoms. The summed E-state index contributed by atoms with van der Waals surface area (Å²) in [6, 6.07) is 13.0. The summed E-state index contributed by atoms with van der Waals surface area (Å²) in [5.41, 5.74) is 3.48. The first-order valence-electron chi connectivity index (χ1n) is 9.84. The first-order chi connectivity index (χ1) is 13.8. The summed E-state index contributed by atoms with van der Waals surface area (Å²) in [5.74, 6) is 1.36. The molecular formula is C22H22N4OS. The second-order valence-electron chi connectivity index (χ2n) is 7.42. The Bertz CT molecular complexity index is 1030. The summed E-state index contributed by atoms with van der Waals surface area (Å²) < 4.78 is 6.53. The molecule has 142 valence electrons. The Morgan fingerprint density at radius 2 is 1.96 bits per heavy atom. The highest BCUT2D eigenvalue weighted by molar-refractivity contribution is 7.19. The van der Waals surface area contributed by atoms with E-state index in [0.717, 1.165) is 47.4 Å². The molecule has 28 heavy (non-hydrogen) atoms. The third-order valence-corrected chi connectivity index (χ3v) is 6.81. The number of thiophene rings is 1. The summed E-state index contributed by atoms with van der Waals surface area (Å²) in [4.78, 5) is 7.77. The second-order valence-corrected chi connectivity index (χ2v) is 8.47. The number of anilines is 3. The number of nitrogens with zero attached hydrogens (tertiary/aromatic N) is 3. The van der Waals surface area contributed by atoms with Crippen molar-refractivity contribution in [2.24, 2.45) is 0 Å². The minimum atomic E-state index is 0.534. The van der Waals surface area contributed by atoms with Gasteiger partial charge in [-0.15, -0.1) is 11.3 Å². The van der Waals surface area contributed by atoms with Crippen molar-refractivity contribution < 1.29 is 4.74 Å². The third-order valence-electron chi connectivity index (χ3n) is 5.75. The SMILES string of the molecule is N#Cc1sc2cnc(Nc3ccc(N4CCOCC4)cc3)cc2c1C1CCC1. The maximum Gasteiger partial charge on any atom is 0.130 e. The first kappa shape index (κ1) is 17.5. The fourth-order valence-corrected chi connectivity index (χ4v) is 5.04. The quantitative estimate of drug-likeness (QED) is 0.678. The lowest BCUT2D eigenvalue weighted by molar-refractivity contribution is 0.122. The summed E-state index contributed by atoms with van der Waals surface area (Å²) in [5, 5.41) is 14.2. The smallest absolute Gasteiger partial charge is 0.130 e. The molecule has 1 saturated carbocycles. The van der Waals surface area contributed by atoms with Crippen LogP contribution in [0, 0.1) is 11.3 Å². The van der Waals surface area contributed by atoms with Crippen LogP contribution < -0.4 is 10.2 Å². The monoisotopic (exact) mass is 390 g/mol. The van der Waals surface area contributed by atoms with Gasteiger partial charge in [-0.1, -0.05) is 6.42 Å². The first-order valence-corrected chi connectivity index (χ1v) is 10.7. The van der Waals surface area contributed by atoms with Crippen LogP contribution in [0.5, 0.6) is 0 Å². The van der Waals surface area contributed by atoms with Crippen LogP contribution in [-0.4, -0.2) is 31.3 Å². The summed E-state index contributed by atoms with van der Waals surface area (Å²) >= 11 is 1.57. The molecule has 0 amide bonds. The van der Waals surface area contributed by atoms with E-state index in [0.29, 0.717) is 5.92 Å². The zero-order valence-corrected chi connectivity index (χ0v) is 16.5. The molecule has 0 radical (unpaired) electrons. The van der Waals surface area contributed by atoms with E-state index in [-0.39, 0.29) is 0 Å². The molecule has 1 saturated heterocycles. The van der Waals surface area contributed by atoms with Crippen molar-refractivity contribution >= 4 is 38.6 Å². The molecule has 2 fully saturated rings. The van der Waals surface area contributed by atoms with Crippen molar-refractivity contribution in [2.75, 3.05) is 36.5 Å². The van der Waals surface area contributed by atoms with Gasteiger partial charge in [-0.25, -0.2) is 4.98 Å². The fourth-order valence-electron chi connectivity index (χ4n) is 4.00. The molecule has 1 aromatic carbocycles. The predicted molar refractivity (Wildman–Crippen MR) is 114 cm³/mol. The molecule has 0 atom stereocenters. The zero-order valence-electron chi connectivity index (χ0n) is 15.6. The minimum absolute atomic E-state index is 0.534. The second kappa shape index (κ2) is 7.42. The van der Waals surface area contributed by atoms with Gasteiger partial charge >= 0.3 is 0 Å². The summed E-state index contributed by atoms with van der Waals surface area (Å²) in [6.07, 6.45) is 5.54. The van der Waals surface area contributed by atoms with E-state index in [2.05, 4.69) is 51.6 Å². The number of fused-ring (bicyclic) bond motifs is 1. The largest absolute Gasteiger partial charge is 0.378 e. The van der Waals surface area contributed by atoms with E-state index in [1.54, 1.807) is 11.3 Å². The van der Waals surface area contributed by atoms with Gasteiger partial charge in [0.2, 0.25) is 0 Å². The molecule has 5 nitrogen and oxygen atoms in total. The van der Waals surface area contributed by atoms with Gasteiger partial charge in [0.1, 0.15) is 16.8 Å². The van der Waals surface area contributed by atoms with E-state index < -0.39 is 0 Å². The van der Waals surface area contributed by atoms with Crippen molar-refractivity contribution in [3.8, 4) is 6.07 Å². The number of morpholine rings is 1. The highest BCUT2D eigenvalue weighted by atomic mass is 32.1. The van der Waals surface area contributed by atoms with E-state index in [9.17, 15) is 5.26 Å². The number of rotatable bonds is 4. The average Bonchev–Trinajstić information content (AvgIpc) is 3.06. The van der Waals surface area contributed by atoms with Crippen LogP contribution in [0.3, 0.4) is 0 Å². The maximum absolute atomic E-state index is 9.54. The Hall–Kier alpha value is -2.62. The maximum atomic E-state index is 9.54. The molecule has 1 aliphatic heterocycles. The fraction of sp³-hybridized carbons (Fsp3) is 0.364. The van der Waals surface area contributed by atoms with Gasteiger partial charge in [-0.2, -0.15) is 5.26 Å². The molecule has 1 N–H and O–H groups in total. The topological polar surface area (TPSA) is 61.2 Å². The van der Waals surface area contributed by atoms with E-state index in [1.807, 2.05) is 6.20 Å². The summed E-state index contributed by atoms with van der Waals surface area (Å²) in [7, 11) is 0. The number of aromatic nitrogens is 1. The van der Waals surface area contributed by atoms with Gasteiger partial charge in [-0.3, -0.25) is 0 Å². The highest BCUT2D eigenvalue weighted by Gasteiger charge is 2.26. The van der Waals surface area contributed by atoms with Crippen LogP contribution in [-0.2, 0) is 4.74 Å². The van der Waals surface area contributed by atoms with E-state index >= 15 is 0 Å². The predicted octanol–water partition coefficient (Wildman–Crippen LogP) is 5.02. The molecule has 2 aromatic heterocycles. The zero-order chi connectivity index (χ0) is 18.9. The van der Waals surface area contributed by atoms with Crippen molar-refractivity contribution in [3.63, 3.8) is 0 Å². The van der Waals surface area contributed by atoms with Gasteiger partial charge in [0.05, 0.1) is 17.9 Å². The Kier molecular flexibility index (Phi) is 4.63. The van der Waals surface area contributed by atoms with Crippen molar-refractivity contribution in [3.05, 3.63) is 47.0 Å². The average molecular weight is 391 g/mol. The van der Waals surface area contributed by atoms with Crippen LogP contribution in [0.2, 0.25) is 0 Å². The molecule has 2 aliphatic rings. The number of ether oxygens (including phenoxy) is 1. The standard InChI is InChI=1S/C22H22N4OS/c23-13-19-22(15-2-1-3-15)18-12-21(24-14-20(18)28-19)25-16-4-6-17(7-5-16)26-8-10-27-11-9-26/h4-7,12,14-15H,1-3,8-11H2,(H,24,25). The lowest BCUT2D eigenvalue weighted by atomic mass is 9.79. The van der Waals surface area contributed by atoms with Crippen LogP contribution in [0.1, 0.15) is 35.6 Å².